The Morgan fingerprint density at radius 3 is 2.52 bits per heavy atom. The van der Waals surface area contributed by atoms with Crippen molar-refractivity contribution in [2.45, 2.75) is 26.4 Å². The molecule has 2 amide bonds. The van der Waals surface area contributed by atoms with Gasteiger partial charge in [-0.3, -0.25) is 14.5 Å². The molecule has 0 bridgehead atoms. The average molecular weight is 460 g/mol. The van der Waals surface area contributed by atoms with Crippen LogP contribution in [0, 0.1) is 5.92 Å². The van der Waals surface area contributed by atoms with E-state index in [2.05, 4.69) is 20.4 Å². The largest absolute Gasteiger partial charge is 0.339 e. The number of piperazine rings is 1. The van der Waals surface area contributed by atoms with Crippen molar-refractivity contribution in [2.75, 3.05) is 26.2 Å². The summed E-state index contributed by atoms with van der Waals surface area (Å²) in [7, 11) is 0. The number of nitrogens with zero attached hydrogens (tertiary/aromatic N) is 4. The van der Waals surface area contributed by atoms with Crippen molar-refractivity contribution in [3.05, 3.63) is 45.8 Å². The normalized spacial score (nSPS) is 15.9. The second-order valence-electron chi connectivity index (χ2n) is 7.76. The highest BCUT2D eigenvalue weighted by Gasteiger charge is 2.31. The highest BCUT2D eigenvalue weighted by Crippen LogP contribution is 2.22. The molecule has 1 aliphatic heterocycles. The fourth-order valence-corrected chi connectivity index (χ4v) is 4.75. The van der Waals surface area contributed by atoms with Gasteiger partial charge in [0.05, 0.1) is 16.3 Å². The standard InChI is InChI=1S/C21H25N5O3S2/c1-14(2)18(23-20(27)16-6-4-12-31-16)21(28)26-9-7-25(8-10-26)13-17-22-19(24-29-17)15-5-3-11-30-15/h3-6,11-12,14,18H,7-10,13H2,1-2H3,(H,23,27). The maximum Gasteiger partial charge on any atom is 0.262 e. The van der Waals surface area contributed by atoms with Crippen molar-refractivity contribution < 1.29 is 14.1 Å². The molecule has 0 radical (unpaired) electrons. The molecule has 1 fully saturated rings. The van der Waals surface area contributed by atoms with Crippen LogP contribution in [0.5, 0.6) is 0 Å². The molecule has 164 valence electrons. The van der Waals surface area contributed by atoms with Gasteiger partial charge in [0, 0.05) is 26.2 Å². The molecule has 4 rings (SSSR count). The molecule has 31 heavy (non-hydrogen) atoms. The van der Waals surface area contributed by atoms with E-state index < -0.39 is 6.04 Å². The third-order valence-electron chi connectivity index (χ3n) is 5.22. The lowest BCUT2D eigenvalue weighted by atomic mass is 10.0. The van der Waals surface area contributed by atoms with E-state index in [1.807, 2.05) is 47.7 Å². The first kappa shape index (κ1) is 21.7. The minimum absolute atomic E-state index is 0.00325. The fraction of sp³-hybridized carbons (Fsp3) is 0.429. The van der Waals surface area contributed by atoms with E-state index in [1.54, 1.807) is 17.4 Å². The van der Waals surface area contributed by atoms with E-state index in [0.717, 1.165) is 4.88 Å². The zero-order valence-corrected chi connectivity index (χ0v) is 19.1. The Morgan fingerprint density at radius 2 is 1.87 bits per heavy atom. The Kier molecular flexibility index (Phi) is 6.79. The summed E-state index contributed by atoms with van der Waals surface area (Å²) in [5, 5.41) is 10.8. The van der Waals surface area contributed by atoms with Crippen LogP contribution >= 0.6 is 22.7 Å². The van der Waals surface area contributed by atoms with Crippen LogP contribution in [0.3, 0.4) is 0 Å². The highest BCUT2D eigenvalue weighted by atomic mass is 32.1. The molecule has 4 heterocycles. The first-order valence-electron chi connectivity index (χ1n) is 10.2. The number of hydrogen-bond acceptors (Lipinski definition) is 8. The fourth-order valence-electron chi connectivity index (χ4n) is 3.47. The maximum atomic E-state index is 13.1. The summed E-state index contributed by atoms with van der Waals surface area (Å²) in [6, 6.07) is 6.98. The molecule has 8 nitrogen and oxygen atoms in total. The molecular formula is C21H25N5O3S2. The number of aromatic nitrogens is 2. The molecule has 1 unspecified atom stereocenters. The van der Waals surface area contributed by atoms with E-state index in [9.17, 15) is 9.59 Å². The van der Waals surface area contributed by atoms with Crippen molar-refractivity contribution in [3.8, 4) is 10.7 Å². The van der Waals surface area contributed by atoms with E-state index in [0.29, 0.717) is 49.3 Å². The Morgan fingerprint density at radius 1 is 1.13 bits per heavy atom. The lowest BCUT2D eigenvalue weighted by Gasteiger charge is -2.36. The Balaban J connectivity index is 1.31. The molecule has 1 atom stereocenters. The van der Waals surface area contributed by atoms with Crippen LogP contribution in [0.2, 0.25) is 0 Å². The molecule has 3 aromatic heterocycles. The van der Waals surface area contributed by atoms with Crippen LogP contribution in [0.15, 0.2) is 39.5 Å². The molecule has 0 saturated carbocycles. The lowest BCUT2D eigenvalue weighted by Crippen LogP contribution is -2.56. The van der Waals surface area contributed by atoms with Crippen molar-refractivity contribution in [1.29, 1.82) is 0 Å². The maximum absolute atomic E-state index is 13.1. The summed E-state index contributed by atoms with van der Waals surface area (Å²) in [4.78, 5) is 35.7. The number of nitrogens with one attached hydrogen (secondary N) is 1. The molecule has 0 spiro atoms. The zero-order chi connectivity index (χ0) is 21.8. The summed E-state index contributed by atoms with van der Waals surface area (Å²) in [5.74, 6) is 0.964. The van der Waals surface area contributed by atoms with Gasteiger partial charge in [0.2, 0.25) is 17.6 Å². The third-order valence-corrected chi connectivity index (χ3v) is 6.95. The summed E-state index contributed by atoms with van der Waals surface area (Å²) in [6.45, 7) is 7.09. The highest BCUT2D eigenvalue weighted by molar-refractivity contribution is 7.13. The summed E-state index contributed by atoms with van der Waals surface area (Å²) in [5.41, 5.74) is 0. The lowest BCUT2D eigenvalue weighted by molar-refractivity contribution is -0.136. The van der Waals surface area contributed by atoms with Gasteiger partial charge in [0.1, 0.15) is 6.04 Å². The molecule has 0 aliphatic carbocycles. The Labute approximate surface area is 188 Å². The molecule has 1 aliphatic rings. The molecule has 1 N–H and O–H groups in total. The minimum atomic E-state index is -0.537. The van der Waals surface area contributed by atoms with Gasteiger partial charge in [0.15, 0.2) is 0 Å². The summed E-state index contributed by atoms with van der Waals surface area (Å²) in [6.07, 6.45) is 0. The minimum Gasteiger partial charge on any atom is -0.339 e. The Hall–Kier alpha value is -2.56. The molecule has 0 aromatic carbocycles. The van der Waals surface area contributed by atoms with Crippen LogP contribution < -0.4 is 5.32 Å². The second-order valence-corrected chi connectivity index (χ2v) is 9.66. The second kappa shape index (κ2) is 9.71. The van der Waals surface area contributed by atoms with Crippen molar-refractivity contribution in [3.63, 3.8) is 0 Å². The van der Waals surface area contributed by atoms with Gasteiger partial charge < -0.3 is 14.7 Å². The van der Waals surface area contributed by atoms with Gasteiger partial charge in [-0.25, -0.2) is 0 Å². The number of thiophene rings is 2. The predicted molar refractivity (Wildman–Crippen MR) is 120 cm³/mol. The average Bonchev–Trinajstić information content (AvgIpc) is 3.54. The van der Waals surface area contributed by atoms with Gasteiger partial charge in [-0.05, 0) is 28.8 Å². The number of carbonyl (C=O) groups is 2. The number of carbonyl (C=O) groups excluding carboxylic acids is 2. The first-order chi connectivity index (χ1) is 15.0. The number of rotatable bonds is 7. The SMILES string of the molecule is CC(C)C(NC(=O)c1cccs1)C(=O)N1CCN(Cc2nc(-c3cccs3)no2)CC1. The molecular weight excluding hydrogens is 434 g/mol. The van der Waals surface area contributed by atoms with Crippen LogP contribution in [0.1, 0.15) is 29.4 Å². The van der Waals surface area contributed by atoms with Crippen molar-refractivity contribution in [1.82, 2.24) is 25.3 Å². The van der Waals surface area contributed by atoms with Gasteiger partial charge in [0.25, 0.3) is 5.91 Å². The van der Waals surface area contributed by atoms with Gasteiger partial charge >= 0.3 is 0 Å². The van der Waals surface area contributed by atoms with Crippen LogP contribution in [0.25, 0.3) is 10.7 Å². The van der Waals surface area contributed by atoms with Gasteiger partial charge in [-0.2, -0.15) is 4.98 Å². The molecule has 3 aromatic rings. The van der Waals surface area contributed by atoms with Crippen LogP contribution in [0.4, 0.5) is 0 Å². The zero-order valence-electron chi connectivity index (χ0n) is 17.5. The first-order valence-corrected chi connectivity index (χ1v) is 12.0. The van der Waals surface area contributed by atoms with Gasteiger partial charge in [-0.15, -0.1) is 22.7 Å². The number of hydrogen-bond donors (Lipinski definition) is 1. The van der Waals surface area contributed by atoms with E-state index in [4.69, 9.17) is 4.52 Å². The summed E-state index contributed by atoms with van der Waals surface area (Å²) < 4.78 is 5.39. The van der Waals surface area contributed by atoms with E-state index in [1.165, 1.54) is 11.3 Å². The van der Waals surface area contributed by atoms with Crippen LogP contribution in [-0.4, -0.2) is 64.0 Å². The van der Waals surface area contributed by atoms with Crippen molar-refractivity contribution >= 4 is 34.5 Å². The van der Waals surface area contributed by atoms with E-state index in [-0.39, 0.29) is 17.7 Å². The van der Waals surface area contributed by atoms with E-state index >= 15 is 0 Å². The monoisotopic (exact) mass is 459 g/mol. The Bertz CT molecular complexity index is 992. The van der Waals surface area contributed by atoms with Crippen LogP contribution in [-0.2, 0) is 11.3 Å². The quantitative estimate of drug-likeness (QED) is 0.584. The number of amides is 2. The molecule has 10 heteroatoms. The summed E-state index contributed by atoms with van der Waals surface area (Å²) >= 11 is 2.95. The molecule has 1 saturated heterocycles. The topological polar surface area (TPSA) is 91.6 Å². The smallest absolute Gasteiger partial charge is 0.262 e. The van der Waals surface area contributed by atoms with Gasteiger partial charge in [-0.1, -0.05) is 31.1 Å². The van der Waals surface area contributed by atoms with Crippen molar-refractivity contribution in [2.24, 2.45) is 5.92 Å². The predicted octanol–water partition coefficient (Wildman–Crippen LogP) is 2.96. The third kappa shape index (κ3) is 5.20.